The Morgan fingerprint density at radius 1 is 1.45 bits per heavy atom. The third-order valence-corrected chi connectivity index (χ3v) is 4.58. The number of H-pyrrole nitrogens is 1. The summed E-state index contributed by atoms with van der Waals surface area (Å²) >= 11 is 0.991. The van der Waals surface area contributed by atoms with Gasteiger partial charge < -0.3 is 10.3 Å². The molecule has 0 aliphatic rings. The van der Waals surface area contributed by atoms with Crippen molar-refractivity contribution in [2.24, 2.45) is 0 Å². The summed E-state index contributed by atoms with van der Waals surface area (Å²) in [6.07, 6.45) is 1.52. The molecule has 0 aliphatic carbocycles. The van der Waals surface area contributed by atoms with Gasteiger partial charge in [0.2, 0.25) is 10.0 Å². The summed E-state index contributed by atoms with van der Waals surface area (Å²) in [7, 11) is -3.69. The van der Waals surface area contributed by atoms with E-state index in [0.717, 1.165) is 11.3 Å². The Morgan fingerprint density at radius 3 is 2.90 bits per heavy atom. The molecule has 0 aliphatic heterocycles. The smallest absolute Gasteiger partial charge is 0.304 e. The van der Waals surface area contributed by atoms with Gasteiger partial charge in [0.25, 0.3) is 0 Å². The van der Waals surface area contributed by atoms with E-state index in [4.69, 9.17) is 0 Å². The fraction of sp³-hybridized carbons (Fsp3) is 0.273. The highest BCUT2D eigenvalue weighted by molar-refractivity contribution is 7.89. The predicted molar refractivity (Wildman–Crippen MR) is 77.4 cm³/mol. The van der Waals surface area contributed by atoms with E-state index in [9.17, 15) is 13.2 Å². The van der Waals surface area contributed by atoms with Gasteiger partial charge in [0.1, 0.15) is 10.7 Å². The van der Waals surface area contributed by atoms with E-state index in [1.807, 2.05) is 6.92 Å². The van der Waals surface area contributed by atoms with Crippen molar-refractivity contribution in [2.75, 3.05) is 11.9 Å². The number of aromatic nitrogens is 2. The summed E-state index contributed by atoms with van der Waals surface area (Å²) in [5, 5.41) is 4.48. The maximum absolute atomic E-state index is 12.2. The number of rotatable bonds is 6. The van der Waals surface area contributed by atoms with Crippen LogP contribution in [-0.2, 0) is 16.6 Å². The lowest BCUT2D eigenvalue weighted by Gasteiger charge is -2.10. The van der Waals surface area contributed by atoms with Crippen molar-refractivity contribution in [3.63, 3.8) is 0 Å². The van der Waals surface area contributed by atoms with E-state index in [2.05, 4.69) is 20.0 Å². The first-order chi connectivity index (χ1) is 9.53. The molecule has 108 valence electrons. The van der Waals surface area contributed by atoms with Crippen LogP contribution in [0.4, 0.5) is 5.82 Å². The highest BCUT2D eigenvalue weighted by atomic mass is 32.2. The molecule has 0 radical (unpaired) electrons. The number of hydrogen-bond donors (Lipinski definition) is 3. The first kappa shape index (κ1) is 14.7. The van der Waals surface area contributed by atoms with Gasteiger partial charge in [-0.25, -0.2) is 18.1 Å². The second kappa shape index (κ2) is 6.16. The summed E-state index contributed by atoms with van der Waals surface area (Å²) in [6.45, 7) is 2.45. The topological polar surface area (TPSA) is 104 Å². The molecule has 3 N–H and O–H groups in total. The summed E-state index contributed by atoms with van der Waals surface area (Å²) < 4.78 is 26.9. The molecular weight excluding hydrogens is 300 g/mol. The zero-order valence-electron chi connectivity index (χ0n) is 10.7. The first-order valence-corrected chi connectivity index (χ1v) is 8.24. The number of thiazole rings is 1. The Morgan fingerprint density at radius 2 is 2.25 bits per heavy atom. The highest BCUT2D eigenvalue weighted by Gasteiger charge is 2.18. The number of nitrogens with zero attached hydrogens (tertiary/aromatic N) is 1. The monoisotopic (exact) mass is 314 g/mol. The second-order valence-corrected chi connectivity index (χ2v) is 6.46. The van der Waals surface area contributed by atoms with Crippen LogP contribution >= 0.6 is 11.3 Å². The molecule has 2 aromatic rings. The molecule has 9 heteroatoms. The van der Waals surface area contributed by atoms with Crippen LogP contribution in [0.15, 0.2) is 33.4 Å². The molecule has 7 nitrogen and oxygen atoms in total. The zero-order chi connectivity index (χ0) is 14.6. The quantitative estimate of drug-likeness (QED) is 0.729. The molecule has 2 aromatic heterocycles. The van der Waals surface area contributed by atoms with Gasteiger partial charge in [0.05, 0.1) is 6.54 Å². The van der Waals surface area contributed by atoms with Crippen LogP contribution in [0.25, 0.3) is 0 Å². The second-order valence-electron chi connectivity index (χ2n) is 3.88. The molecule has 0 aromatic carbocycles. The standard InChI is InChI=1S/C11H14N4O3S2/c1-2-12-10-9(4-3-5-13-10)20(17,18)14-6-8-7-19-11(16)15-8/h3-5,7,14H,2,6H2,1H3,(H,12,13)(H,15,16). The summed E-state index contributed by atoms with van der Waals surface area (Å²) in [5.74, 6) is 0.307. The van der Waals surface area contributed by atoms with Crippen LogP contribution in [0.3, 0.4) is 0 Å². The molecule has 0 fully saturated rings. The minimum atomic E-state index is -3.69. The van der Waals surface area contributed by atoms with Crippen molar-refractivity contribution >= 4 is 27.2 Å². The van der Waals surface area contributed by atoms with Crippen molar-refractivity contribution < 1.29 is 8.42 Å². The van der Waals surface area contributed by atoms with E-state index in [1.54, 1.807) is 11.4 Å². The molecule has 0 unspecified atom stereocenters. The Kier molecular flexibility index (Phi) is 4.53. The van der Waals surface area contributed by atoms with Crippen molar-refractivity contribution in [2.45, 2.75) is 18.4 Å². The lowest BCUT2D eigenvalue weighted by atomic mass is 10.4. The fourth-order valence-electron chi connectivity index (χ4n) is 1.56. The van der Waals surface area contributed by atoms with Crippen LogP contribution in [0, 0.1) is 0 Å². The van der Waals surface area contributed by atoms with E-state index in [1.165, 1.54) is 12.3 Å². The average Bonchev–Trinajstić information content (AvgIpc) is 2.83. The molecule has 0 spiro atoms. The number of hydrogen-bond acceptors (Lipinski definition) is 6. The van der Waals surface area contributed by atoms with E-state index in [0.29, 0.717) is 18.1 Å². The molecule has 0 amide bonds. The molecular formula is C11H14N4O3S2. The summed E-state index contributed by atoms with van der Waals surface area (Å²) in [4.78, 5) is 17.4. The van der Waals surface area contributed by atoms with Crippen molar-refractivity contribution in [1.82, 2.24) is 14.7 Å². The van der Waals surface area contributed by atoms with Crippen LogP contribution in [-0.4, -0.2) is 24.9 Å². The lowest BCUT2D eigenvalue weighted by Crippen LogP contribution is -2.25. The van der Waals surface area contributed by atoms with E-state index < -0.39 is 10.0 Å². The van der Waals surface area contributed by atoms with E-state index in [-0.39, 0.29) is 16.3 Å². The third kappa shape index (κ3) is 3.44. The maximum Gasteiger partial charge on any atom is 0.304 e. The van der Waals surface area contributed by atoms with Crippen molar-refractivity contribution in [3.8, 4) is 0 Å². The van der Waals surface area contributed by atoms with Gasteiger partial charge in [0, 0.05) is 23.8 Å². The number of pyridine rings is 1. The highest BCUT2D eigenvalue weighted by Crippen LogP contribution is 2.17. The Bertz CT molecular complexity index is 736. The van der Waals surface area contributed by atoms with Gasteiger partial charge in [-0.15, -0.1) is 0 Å². The summed E-state index contributed by atoms with van der Waals surface area (Å²) in [6, 6.07) is 3.03. The number of nitrogens with one attached hydrogen (secondary N) is 3. The normalized spacial score (nSPS) is 11.4. The van der Waals surface area contributed by atoms with Gasteiger partial charge in [-0.1, -0.05) is 11.3 Å². The van der Waals surface area contributed by atoms with Gasteiger partial charge in [0.15, 0.2) is 0 Å². The number of aromatic amines is 1. The lowest BCUT2D eigenvalue weighted by molar-refractivity contribution is 0.580. The first-order valence-electron chi connectivity index (χ1n) is 5.88. The van der Waals surface area contributed by atoms with Crippen molar-refractivity contribution in [3.05, 3.63) is 39.1 Å². The van der Waals surface area contributed by atoms with Crippen LogP contribution < -0.4 is 14.9 Å². The fourth-order valence-corrected chi connectivity index (χ4v) is 3.28. The third-order valence-electron chi connectivity index (χ3n) is 2.43. The zero-order valence-corrected chi connectivity index (χ0v) is 12.3. The molecule has 2 rings (SSSR count). The van der Waals surface area contributed by atoms with Crippen molar-refractivity contribution in [1.29, 1.82) is 0 Å². The minimum absolute atomic E-state index is 0.0293. The summed E-state index contributed by atoms with van der Waals surface area (Å²) in [5.41, 5.74) is 0.525. The van der Waals surface area contributed by atoms with Gasteiger partial charge in [-0.2, -0.15) is 0 Å². The Hall–Kier alpha value is -1.71. The SMILES string of the molecule is CCNc1ncccc1S(=O)(=O)NCc1csc(=O)[nH]1. The van der Waals surface area contributed by atoms with Crippen LogP contribution in [0.2, 0.25) is 0 Å². The molecule has 20 heavy (non-hydrogen) atoms. The molecule has 0 saturated heterocycles. The van der Waals surface area contributed by atoms with Gasteiger partial charge in [-0.3, -0.25) is 4.79 Å². The molecule has 0 atom stereocenters. The maximum atomic E-state index is 12.2. The van der Waals surface area contributed by atoms with E-state index >= 15 is 0 Å². The van der Waals surface area contributed by atoms with Crippen LogP contribution in [0.5, 0.6) is 0 Å². The van der Waals surface area contributed by atoms with Crippen LogP contribution in [0.1, 0.15) is 12.6 Å². The largest absolute Gasteiger partial charge is 0.369 e. The van der Waals surface area contributed by atoms with Gasteiger partial charge in [-0.05, 0) is 19.1 Å². The number of sulfonamides is 1. The average molecular weight is 314 g/mol. The van der Waals surface area contributed by atoms with Gasteiger partial charge >= 0.3 is 4.87 Å². The molecule has 2 heterocycles. The Balaban J connectivity index is 2.20. The number of anilines is 1. The minimum Gasteiger partial charge on any atom is -0.369 e. The molecule has 0 saturated carbocycles. The predicted octanol–water partition coefficient (Wildman–Crippen LogP) is 0.742. The molecule has 0 bridgehead atoms. The Labute approximate surface area is 120 Å².